The summed E-state index contributed by atoms with van der Waals surface area (Å²) in [6, 6.07) is 5.74. The summed E-state index contributed by atoms with van der Waals surface area (Å²) in [5, 5.41) is 3.94. The number of hydrogen-bond donors (Lipinski definition) is 1. The molecular weight excluding hydrogens is 236 g/mol. The number of rotatable bonds is 4. The first-order valence-corrected chi connectivity index (χ1v) is 5.99. The van der Waals surface area contributed by atoms with E-state index in [-0.39, 0.29) is 11.9 Å². The molecule has 4 heteroatoms. The Hall–Kier alpha value is -1.06. The van der Waals surface area contributed by atoms with Gasteiger partial charge in [0.2, 0.25) is 5.91 Å². The molecule has 1 amide bonds. The largest absolute Gasteiger partial charge is 0.347 e. The summed E-state index contributed by atoms with van der Waals surface area (Å²) in [6.07, 6.45) is 0. The molecule has 0 saturated carbocycles. The minimum Gasteiger partial charge on any atom is -0.347 e. The van der Waals surface area contributed by atoms with Crippen molar-refractivity contribution in [3.05, 3.63) is 34.3 Å². The van der Waals surface area contributed by atoms with Crippen LogP contribution >= 0.6 is 11.6 Å². The summed E-state index contributed by atoms with van der Waals surface area (Å²) >= 11 is 6.04. The second kappa shape index (κ2) is 6.03. The molecule has 17 heavy (non-hydrogen) atoms. The Morgan fingerprint density at radius 2 is 2.12 bits per heavy atom. The van der Waals surface area contributed by atoms with Crippen molar-refractivity contribution in [3.63, 3.8) is 0 Å². The highest BCUT2D eigenvalue weighted by atomic mass is 35.5. The van der Waals surface area contributed by atoms with Gasteiger partial charge in [-0.05, 0) is 31.0 Å². The van der Waals surface area contributed by atoms with Gasteiger partial charge in [0.15, 0.2) is 0 Å². The lowest BCUT2D eigenvalue weighted by Gasteiger charge is -2.18. The number of nitrogens with one attached hydrogen (secondary N) is 1. The van der Waals surface area contributed by atoms with Crippen molar-refractivity contribution in [1.82, 2.24) is 10.2 Å². The van der Waals surface area contributed by atoms with Gasteiger partial charge in [-0.2, -0.15) is 0 Å². The van der Waals surface area contributed by atoms with E-state index in [1.54, 1.807) is 19.0 Å². The van der Waals surface area contributed by atoms with Crippen LogP contribution in [0.1, 0.15) is 18.1 Å². The zero-order chi connectivity index (χ0) is 13.0. The smallest absolute Gasteiger partial charge is 0.238 e. The van der Waals surface area contributed by atoms with Gasteiger partial charge in [-0.3, -0.25) is 4.79 Å². The number of hydrogen-bond acceptors (Lipinski definition) is 2. The Balaban J connectivity index is 2.56. The van der Waals surface area contributed by atoms with E-state index in [0.29, 0.717) is 6.54 Å². The van der Waals surface area contributed by atoms with Crippen molar-refractivity contribution >= 4 is 17.5 Å². The van der Waals surface area contributed by atoms with Crippen molar-refractivity contribution in [2.24, 2.45) is 0 Å². The minimum atomic E-state index is -0.190. The van der Waals surface area contributed by atoms with E-state index >= 15 is 0 Å². The van der Waals surface area contributed by atoms with Gasteiger partial charge in [-0.1, -0.05) is 23.7 Å². The van der Waals surface area contributed by atoms with E-state index in [4.69, 9.17) is 11.6 Å². The second-order valence-corrected chi connectivity index (χ2v) is 4.83. The zero-order valence-electron chi connectivity index (χ0n) is 10.7. The molecule has 1 N–H and O–H groups in total. The Bertz CT molecular complexity index is 404. The molecule has 1 atom stereocenters. The quantitative estimate of drug-likeness (QED) is 0.894. The molecule has 0 aliphatic rings. The Morgan fingerprint density at radius 3 is 2.65 bits per heavy atom. The van der Waals surface area contributed by atoms with Gasteiger partial charge < -0.3 is 10.2 Å². The highest BCUT2D eigenvalue weighted by Crippen LogP contribution is 2.16. The predicted octanol–water partition coefficient (Wildman–Crippen LogP) is 2.21. The van der Waals surface area contributed by atoms with E-state index in [9.17, 15) is 4.79 Å². The molecule has 0 aliphatic heterocycles. The lowest BCUT2D eigenvalue weighted by Crippen LogP contribution is -2.41. The zero-order valence-corrected chi connectivity index (χ0v) is 11.5. The molecule has 0 radical (unpaired) electrons. The van der Waals surface area contributed by atoms with E-state index in [2.05, 4.69) is 5.32 Å². The maximum Gasteiger partial charge on any atom is 0.238 e. The van der Waals surface area contributed by atoms with E-state index in [1.807, 2.05) is 32.0 Å². The van der Waals surface area contributed by atoms with Gasteiger partial charge in [-0.15, -0.1) is 0 Å². The Kier molecular flexibility index (Phi) is 4.97. The third kappa shape index (κ3) is 4.02. The predicted molar refractivity (Wildman–Crippen MR) is 71.2 cm³/mol. The van der Waals surface area contributed by atoms with Crippen LogP contribution in [0.15, 0.2) is 18.2 Å². The fraction of sp³-hybridized carbons (Fsp3) is 0.462. The summed E-state index contributed by atoms with van der Waals surface area (Å²) in [5.41, 5.74) is 2.15. The van der Waals surface area contributed by atoms with Crippen LogP contribution in [0.3, 0.4) is 0 Å². The normalized spacial score (nSPS) is 12.3. The molecule has 0 aromatic heterocycles. The number of benzene rings is 1. The monoisotopic (exact) mass is 254 g/mol. The van der Waals surface area contributed by atoms with Gasteiger partial charge >= 0.3 is 0 Å². The number of amides is 1. The molecule has 3 nitrogen and oxygen atoms in total. The van der Waals surface area contributed by atoms with Crippen LogP contribution in [0.5, 0.6) is 0 Å². The SMILES string of the molecule is Cc1ccc(CNC(C)C(=O)N(C)C)cc1Cl. The summed E-state index contributed by atoms with van der Waals surface area (Å²) in [6.45, 7) is 4.47. The average Bonchev–Trinajstić information content (AvgIpc) is 2.29. The molecule has 0 bridgehead atoms. The van der Waals surface area contributed by atoms with Gasteiger partial charge in [0, 0.05) is 25.7 Å². The molecule has 0 aliphatic carbocycles. The molecule has 1 rings (SSSR count). The van der Waals surface area contributed by atoms with Crippen LogP contribution in [0.4, 0.5) is 0 Å². The van der Waals surface area contributed by atoms with Gasteiger partial charge in [-0.25, -0.2) is 0 Å². The lowest BCUT2D eigenvalue weighted by atomic mass is 10.1. The van der Waals surface area contributed by atoms with E-state index in [0.717, 1.165) is 16.1 Å². The number of nitrogens with zero attached hydrogens (tertiary/aromatic N) is 1. The van der Waals surface area contributed by atoms with Crippen LogP contribution in [-0.2, 0) is 11.3 Å². The number of halogens is 1. The molecule has 94 valence electrons. The third-order valence-corrected chi connectivity index (χ3v) is 3.07. The van der Waals surface area contributed by atoms with Crippen LogP contribution in [-0.4, -0.2) is 30.9 Å². The first kappa shape index (κ1) is 14.0. The van der Waals surface area contributed by atoms with Gasteiger partial charge in [0.05, 0.1) is 6.04 Å². The van der Waals surface area contributed by atoms with Crippen molar-refractivity contribution in [3.8, 4) is 0 Å². The number of carbonyl (C=O) groups excluding carboxylic acids is 1. The minimum absolute atomic E-state index is 0.0724. The molecule has 0 saturated heterocycles. The van der Waals surface area contributed by atoms with Crippen molar-refractivity contribution in [2.75, 3.05) is 14.1 Å². The van der Waals surface area contributed by atoms with Crippen molar-refractivity contribution < 1.29 is 4.79 Å². The van der Waals surface area contributed by atoms with Crippen LogP contribution in [0, 0.1) is 6.92 Å². The van der Waals surface area contributed by atoms with Gasteiger partial charge in [0.1, 0.15) is 0 Å². The average molecular weight is 255 g/mol. The fourth-order valence-corrected chi connectivity index (χ4v) is 1.70. The summed E-state index contributed by atoms with van der Waals surface area (Å²) in [5.74, 6) is 0.0724. The summed E-state index contributed by atoms with van der Waals surface area (Å²) in [7, 11) is 3.51. The summed E-state index contributed by atoms with van der Waals surface area (Å²) in [4.78, 5) is 13.2. The van der Waals surface area contributed by atoms with Crippen LogP contribution < -0.4 is 5.32 Å². The van der Waals surface area contributed by atoms with E-state index in [1.165, 1.54) is 0 Å². The number of carbonyl (C=O) groups is 1. The topological polar surface area (TPSA) is 32.3 Å². The van der Waals surface area contributed by atoms with Crippen molar-refractivity contribution in [2.45, 2.75) is 26.4 Å². The number of aryl methyl sites for hydroxylation is 1. The molecular formula is C13H19ClN2O. The summed E-state index contributed by atoms with van der Waals surface area (Å²) < 4.78 is 0. The van der Waals surface area contributed by atoms with E-state index < -0.39 is 0 Å². The molecule has 1 aromatic rings. The van der Waals surface area contributed by atoms with Crippen LogP contribution in [0.25, 0.3) is 0 Å². The first-order valence-electron chi connectivity index (χ1n) is 5.61. The first-order chi connectivity index (χ1) is 7.91. The standard InChI is InChI=1S/C13H19ClN2O/c1-9-5-6-11(7-12(9)14)8-15-10(2)13(17)16(3)4/h5-7,10,15H,8H2,1-4H3. The Morgan fingerprint density at radius 1 is 1.47 bits per heavy atom. The lowest BCUT2D eigenvalue weighted by molar-refractivity contribution is -0.130. The molecule has 0 spiro atoms. The molecule has 1 aromatic carbocycles. The number of likely N-dealkylation sites (N-methyl/N-ethyl adjacent to an activating group) is 1. The highest BCUT2D eigenvalue weighted by molar-refractivity contribution is 6.31. The molecule has 0 fully saturated rings. The maximum atomic E-state index is 11.6. The fourth-order valence-electron chi connectivity index (χ4n) is 1.49. The van der Waals surface area contributed by atoms with Crippen molar-refractivity contribution in [1.29, 1.82) is 0 Å². The van der Waals surface area contributed by atoms with Crippen LogP contribution in [0.2, 0.25) is 5.02 Å². The Labute approximate surface area is 108 Å². The maximum absolute atomic E-state index is 11.6. The highest BCUT2D eigenvalue weighted by Gasteiger charge is 2.13. The van der Waals surface area contributed by atoms with Gasteiger partial charge in [0.25, 0.3) is 0 Å². The third-order valence-electron chi connectivity index (χ3n) is 2.66. The molecule has 1 unspecified atom stereocenters. The molecule has 0 heterocycles. The second-order valence-electron chi connectivity index (χ2n) is 4.42.